The number of nitrogens with zero attached hydrogens (tertiary/aromatic N) is 1. The van der Waals surface area contributed by atoms with Crippen LogP contribution in [0.15, 0.2) is 54.6 Å². The minimum Gasteiger partial charge on any atom is -0.336 e. The van der Waals surface area contributed by atoms with E-state index in [0.717, 1.165) is 11.1 Å². The predicted molar refractivity (Wildman–Crippen MR) is 87.3 cm³/mol. The molecule has 0 aliphatic heterocycles. The Kier molecular flexibility index (Phi) is 5.40. The van der Waals surface area contributed by atoms with Gasteiger partial charge in [-0.2, -0.15) is 0 Å². The summed E-state index contributed by atoms with van der Waals surface area (Å²) >= 11 is 6.14. The zero-order valence-corrected chi connectivity index (χ0v) is 13.2. The highest BCUT2D eigenvalue weighted by Crippen LogP contribution is 2.18. The Hall–Kier alpha value is -1.80. The second-order valence-corrected chi connectivity index (χ2v) is 5.78. The second kappa shape index (κ2) is 7.28. The first-order valence-electron chi connectivity index (χ1n) is 7.14. The lowest BCUT2D eigenvalue weighted by molar-refractivity contribution is -0.132. The van der Waals surface area contributed by atoms with Gasteiger partial charge in [0.15, 0.2) is 0 Å². The first kappa shape index (κ1) is 15.6. The number of carbonyl (C=O) groups is 1. The first-order chi connectivity index (χ1) is 10.1. The molecular formula is C18H20ClNO. The van der Waals surface area contributed by atoms with E-state index in [-0.39, 0.29) is 11.9 Å². The third-order valence-corrected chi connectivity index (χ3v) is 3.81. The molecule has 0 heterocycles. The van der Waals surface area contributed by atoms with E-state index in [9.17, 15) is 4.79 Å². The fourth-order valence-electron chi connectivity index (χ4n) is 2.25. The lowest BCUT2D eigenvalue weighted by atomic mass is 10.1. The summed E-state index contributed by atoms with van der Waals surface area (Å²) in [5, 5.41) is 0.647. The highest BCUT2D eigenvalue weighted by Gasteiger charge is 2.18. The maximum Gasteiger partial charge on any atom is 0.227 e. The molecular weight excluding hydrogens is 282 g/mol. The van der Waals surface area contributed by atoms with Crippen molar-refractivity contribution in [1.29, 1.82) is 0 Å². The molecule has 3 heteroatoms. The monoisotopic (exact) mass is 301 g/mol. The molecule has 110 valence electrons. The van der Waals surface area contributed by atoms with Gasteiger partial charge in [0.2, 0.25) is 5.91 Å². The molecule has 0 radical (unpaired) electrons. The summed E-state index contributed by atoms with van der Waals surface area (Å²) in [5.74, 6) is 0.0990. The quantitative estimate of drug-likeness (QED) is 0.805. The van der Waals surface area contributed by atoms with Gasteiger partial charge in [-0.25, -0.2) is 0 Å². The normalized spacial score (nSPS) is 10.7. The Labute approximate surface area is 131 Å². The summed E-state index contributed by atoms with van der Waals surface area (Å²) in [4.78, 5) is 14.5. The van der Waals surface area contributed by atoms with Crippen molar-refractivity contribution in [2.24, 2.45) is 0 Å². The van der Waals surface area contributed by atoms with Crippen molar-refractivity contribution < 1.29 is 4.79 Å². The van der Waals surface area contributed by atoms with Crippen LogP contribution in [0.3, 0.4) is 0 Å². The Morgan fingerprint density at radius 3 is 2.29 bits per heavy atom. The van der Waals surface area contributed by atoms with Gasteiger partial charge in [-0.05, 0) is 31.0 Å². The van der Waals surface area contributed by atoms with E-state index in [4.69, 9.17) is 11.6 Å². The molecule has 0 unspecified atom stereocenters. The van der Waals surface area contributed by atoms with Crippen LogP contribution in [-0.4, -0.2) is 16.8 Å². The molecule has 0 saturated heterocycles. The average molecular weight is 302 g/mol. The molecule has 2 rings (SSSR count). The number of carbonyl (C=O) groups excluding carboxylic acids is 1. The van der Waals surface area contributed by atoms with Crippen molar-refractivity contribution in [1.82, 2.24) is 4.90 Å². The van der Waals surface area contributed by atoms with Crippen LogP contribution < -0.4 is 0 Å². The van der Waals surface area contributed by atoms with E-state index in [1.807, 2.05) is 73.3 Å². The van der Waals surface area contributed by atoms with Gasteiger partial charge in [-0.3, -0.25) is 4.79 Å². The molecule has 0 atom stereocenters. The van der Waals surface area contributed by atoms with Gasteiger partial charge in [0.05, 0.1) is 6.42 Å². The van der Waals surface area contributed by atoms with Crippen LogP contribution in [-0.2, 0) is 17.8 Å². The average Bonchev–Trinajstić information content (AvgIpc) is 2.48. The molecule has 2 aromatic rings. The van der Waals surface area contributed by atoms with Gasteiger partial charge in [-0.15, -0.1) is 0 Å². The van der Waals surface area contributed by atoms with Crippen LogP contribution in [0.2, 0.25) is 5.02 Å². The number of rotatable bonds is 5. The van der Waals surface area contributed by atoms with Crippen LogP contribution in [0.4, 0.5) is 0 Å². The minimum absolute atomic E-state index is 0.0990. The van der Waals surface area contributed by atoms with Crippen molar-refractivity contribution in [3.8, 4) is 0 Å². The van der Waals surface area contributed by atoms with Crippen LogP contribution in [0.1, 0.15) is 25.0 Å². The van der Waals surface area contributed by atoms with E-state index in [1.165, 1.54) is 0 Å². The van der Waals surface area contributed by atoms with Crippen molar-refractivity contribution in [3.05, 3.63) is 70.7 Å². The number of hydrogen-bond donors (Lipinski definition) is 0. The predicted octanol–water partition coefficient (Wildman–Crippen LogP) is 4.32. The number of amides is 1. The third kappa shape index (κ3) is 4.33. The molecule has 1 amide bonds. The zero-order chi connectivity index (χ0) is 15.2. The molecule has 0 aliphatic rings. The summed E-state index contributed by atoms with van der Waals surface area (Å²) in [6.45, 7) is 4.70. The molecule has 0 spiro atoms. The van der Waals surface area contributed by atoms with Crippen LogP contribution in [0, 0.1) is 0 Å². The fraction of sp³-hybridized carbons (Fsp3) is 0.278. The molecule has 0 saturated carbocycles. The van der Waals surface area contributed by atoms with Crippen LogP contribution in [0.25, 0.3) is 0 Å². The first-order valence-corrected chi connectivity index (χ1v) is 7.52. The molecule has 2 aromatic carbocycles. The van der Waals surface area contributed by atoms with Crippen molar-refractivity contribution in [3.63, 3.8) is 0 Å². The Balaban J connectivity index is 2.11. The van der Waals surface area contributed by atoms with Gasteiger partial charge >= 0.3 is 0 Å². The van der Waals surface area contributed by atoms with Crippen LogP contribution in [0.5, 0.6) is 0 Å². The summed E-state index contributed by atoms with van der Waals surface area (Å²) in [6.07, 6.45) is 0.338. The van der Waals surface area contributed by atoms with E-state index in [1.54, 1.807) is 0 Å². The summed E-state index contributed by atoms with van der Waals surface area (Å²) < 4.78 is 0. The summed E-state index contributed by atoms with van der Waals surface area (Å²) in [6, 6.07) is 17.7. The fourth-order valence-corrected chi connectivity index (χ4v) is 2.45. The number of halogens is 1. The van der Waals surface area contributed by atoms with Crippen molar-refractivity contribution in [2.45, 2.75) is 32.9 Å². The van der Waals surface area contributed by atoms with E-state index < -0.39 is 0 Å². The third-order valence-electron chi connectivity index (χ3n) is 3.44. The van der Waals surface area contributed by atoms with E-state index in [2.05, 4.69) is 0 Å². The maximum atomic E-state index is 12.6. The number of benzene rings is 2. The topological polar surface area (TPSA) is 20.3 Å². The highest BCUT2D eigenvalue weighted by molar-refractivity contribution is 6.31. The zero-order valence-electron chi connectivity index (χ0n) is 12.4. The van der Waals surface area contributed by atoms with Gasteiger partial charge in [-0.1, -0.05) is 60.1 Å². The molecule has 0 N–H and O–H groups in total. The Morgan fingerprint density at radius 1 is 1.05 bits per heavy atom. The maximum absolute atomic E-state index is 12.6. The van der Waals surface area contributed by atoms with Gasteiger partial charge in [0.25, 0.3) is 0 Å². The molecule has 2 nitrogen and oxygen atoms in total. The van der Waals surface area contributed by atoms with Gasteiger partial charge in [0, 0.05) is 17.6 Å². The summed E-state index contributed by atoms with van der Waals surface area (Å²) in [7, 11) is 0. The molecule has 0 fully saturated rings. The molecule has 21 heavy (non-hydrogen) atoms. The lowest BCUT2D eigenvalue weighted by Gasteiger charge is -2.27. The minimum atomic E-state index is 0.0990. The molecule has 0 aliphatic carbocycles. The SMILES string of the molecule is CC(C)N(Cc1ccccc1)C(=O)Cc1ccccc1Cl. The van der Waals surface area contributed by atoms with E-state index in [0.29, 0.717) is 18.0 Å². The van der Waals surface area contributed by atoms with Crippen LogP contribution >= 0.6 is 11.6 Å². The molecule has 0 aromatic heterocycles. The van der Waals surface area contributed by atoms with Gasteiger partial charge in [0.1, 0.15) is 0 Å². The standard InChI is InChI=1S/C18H20ClNO/c1-14(2)20(13-15-8-4-3-5-9-15)18(21)12-16-10-6-7-11-17(16)19/h3-11,14H,12-13H2,1-2H3. The summed E-state index contributed by atoms with van der Waals surface area (Å²) in [5.41, 5.74) is 2.02. The van der Waals surface area contributed by atoms with Crippen molar-refractivity contribution >= 4 is 17.5 Å². The number of hydrogen-bond acceptors (Lipinski definition) is 1. The Bertz CT molecular complexity index is 595. The Morgan fingerprint density at radius 2 is 1.67 bits per heavy atom. The van der Waals surface area contributed by atoms with E-state index >= 15 is 0 Å². The highest BCUT2D eigenvalue weighted by atomic mass is 35.5. The second-order valence-electron chi connectivity index (χ2n) is 5.37. The van der Waals surface area contributed by atoms with Crippen molar-refractivity contribution in [2.75, 3.05) is 0 Å². The largest absolute Gasteiger partial charge is 0.336 e. The lowest BCUT2D eigenvalue weighted by Crippen LogP contribution is -2.37. The van der Waals surface area contributed by atoms with Gasteiger partial charge < -0.3 is 4.90 Å². The molecule has 0 bridgehead atoms. The smallest absolute Gasteiger partial charge is 0.227 e.